The summed E-state index contributed by atoms with van der Waals surface area (Å²) in [5, 5.41) is 7.13. The van der Waals surface area contributed by atoms with Gasteiger partial charge in [-0.3, -0.25) is 39.3 Å². The van der Waals surface area contributed by atoms with Crippen molar-refractivity contribution in [2.75, 3.05) is 13.1 Å². The van der Waals surface area contributed by atoms with Gasteiger partial charge in [0.1, 0.15) is 17.6 Å². The van der Waals surface area contributed by atoms with Gasteiger partial charge in [0.2, 0.25) is 17.7 Å². The van der Waals surface area contributed by atoms with Crippen molar-refractivity contribution in [1.29, 1.82) is 0 Å². The number of carbonyl (C=O) groups is 5. The number of piperidine rings is 1. The van der Waals surface area contributed by atoms with Crippen molar-refractivity contribution in [2.45, 2.75) is 65.2 Å². The lowest BCUT2D eigenvalue weighted by Crippen LogP contribution is -2.52. The molecule has 55 heavy (non-hydrogen) atoms. The summed E-state index contributed by atoms with van der Waals surface area (Å²) in [6, 6.07) is 16.2. The first-order chi connectivity index (χ1) is 26.7. The molecule has 3 aliphatic rings. The Labute approximate surface area is 317 Å². The Morgan fingerprint density at radius 1 is 0.982 bits per heavy atom. The zero-order valence-corrected chi connectivity index (χ0v) is 30.5. The first kappa shape index (κ1) is 35.4. The number of aryl methyl sites for hydroxylation is 1. The third-order valence-corrected chi connectivity index (χ3v) is 10.5. The quantitative estimate of drug-likeness (QED) is 0.144. The fourth-order valence-electron chi connectivity index (χ4n) is 7.60. The molecule has 3 aromatic heterocycles. The smallest absolute Gasteiger partial charge is 0.269 e. The summed E-state index contributed by atoms with van der Waals surface area (Å²) in [4.78, 5) is 79.8. The van der Waals surface area contributed by atoms with Gasteiger partial charge in [0.05, 0.1) is 23.6 Å². The molecule has 13 heteroatoms. The fraction of sp³-hybridized carbons (Fsp3) is 0.286. The molecule has 276 valence electrons. The van der Waals surface area contributed by atoms with Gasteiger partial charge < -0.3 is 19.7 Å². The van der Waals surface area contributed by atoms with E-state index in [1.54, 1.807) is 31.3 Å². The van der Waals surface area contributed by atoms with E-state index in [1.807, 2.05) is 47.5 Å². The molecular formula is C42H38N8O5. The summed E-state index contributed by atoms with van der Waals surface area (Å²) in [5.74, 6) is 5.90. The van der Waals surface area contributed by atoms with E-state index < -0.39 is 11.9 Å². The zero-order valence-electron chi connectivity index (χ0n) is 30.5. The van der Waals surface area contributed by atoms with Gasteiger partial charge in [-0.1, -0.05) is 43.0 Å². The average Bonchev–Trinajstić information content (AvgIpc) is 3.74. The van der Waals surface area contributed by atoms with Crippen LogP contribution >= 0.6 is 0 Å². The van der Waals surface area contributed by atoms with E-state index in [0.717, 1.165) is 63.3 Å². The Morgan fingerprint density at radius 2 is 1.82 bits per heavy atom. The van der Waals surface area contributed by atoms with Crippen LogP contribution in [0, 0.1) is 11.8 Å². The Hall–Kier alpha value is -6.68. The number of hydrogen-bond donors (Lipinski definition) is 2. The molecule has 1 fully saturated rings. The van der Waals surface area contributed by atoms with Gasteiger partial charge >= 0.3 is 0 Å². The molecule has 8 rings (SSSR count). The number of aromatic nitrogens is 4. The van der Waals surface area contributed by atoms with Gasteiger partial charge in [0.25, 0.3) is 11.8 Å². The second-order valence-electron chi connectivity index (χ2n) is 13.8. The van der Waals surface area contributed by atoms with Gasteiger partial charge in [0.15, 0.2) is 0 Å². The number of imidazole rings is 1. The highest BCUT2D eigenvalue weighted by molar-refractivity contribution is 6.05. The highest BCUT2D eigenvalue weighted by atomic mass is 16.2. The highest BCUT2D eigenvalue weighted by Gasteiger charge is 2.39. The largest absolute Gasteiger partial charge is 0.350 e. The first-order valence-electron chi connectivity index (χ1n) is 18.4. The Kier molecular flexibility index (Phi) is 9.40. The molecule has 6 heterocycles. The number of benzene rings is 2. The van der Waals surface area contributed by atoms with Crippen LogP contribution in [0.5, 0.6) is 0 Å². The first-order valence-corrected chi connectivity index (χ1v) is 18.4. The van der Waals surface area contributed by atoms with Crippen LogP contribution in [-0.2, 0) is 40.4 Å². The van der Waals surface area contributed by atoms with Crippen LogP contribution in [0.25, 0.3) is 33.3 Å². The summed E-state index contributed by atoms with van der Waals surface area (Å²) in [6.45, 7) is 6.16. The van der Waals surface area contributed by atoms with E-state index in [2.05, 4.69) is 38.9 Å². The molecule has 0 spiro atoms. The lowest BCUT2D eigenvalue weighted by molar-refractivity contribution is -0.137. The molecule has 5 amide bonds. The molecule has 1 atom stereocenters. The van der Waals surface area contributed by atoms with Crippen LogP contribution in [0.15, 0.2) is 67.0 Å². The van der Waals surface area contributed by atoms with E-state index in [1.165, 1.54) is 4.90 Å². The van der Waals surface area contributed by atoms with Crippen LogP contribution in [0.4, 0.5) is 0 Å². The van der Waals surface area contributed by atoms with Crippen molar-refractivity contribution in [3.8, 4) is 34.4 Å². The van der Waals surface area contributed by atoms with Crippen LogP contribution in [0.1, 0.15) is 76.6 Å². The molecular weight excluding hydrogens is 697 g/mol. The van der Waals surface area contributed by atoms with Crippen molar-refractivity contribution in [2.24, 2.45) is 0 Å². The molecule has 0 radical (unpaired) electrons. The Bertz CT molecular complexity index is 2480. The number of amides is 5. The Balaban J connectivity index is 0.909. The predicted octanol–water partition coefficient (Wildman–Crippen LogP) is 4.02. The number of nitrogens with zero attached hydrogens (tertiary/aromatic N) is 6. The van der Waals surface area contributed by atoms with Gasteiger partial charge in [-0.25, -0.2) is 4.98 Å². The third kappa shape index (κ3) is 6.71. The van der Waals surface area contributed by atoms with Crippen LogP contribution in [0.2, 0.25) is 0 Å². The maximum atomic E-state index is 13.1. The molecule has 0 bridgehead atoms. The number of imide groups is 1. The van der Waals surface area contributed by atoms with Crippen LogP contribution in [0.3, 0.4) is 0 Å². The molecule has 2 aromatic carbocycles. The summed E-state index contributed by atoms with van der Waals surface area (Å²) >= 11 is 0. The standard InChI is InChI=1S/C42H38N8O5/c1-3-37-46-39(36-24-48(25(2)51)18-19-49(36)37)29-11-7-10-27-20-34(45-22-31(27)29)28-13-14-33(44-21-28)40(53)43-17-5-4-8-26-9-6-12-30-32(26)23-50(42(30)55)35-15-16-38(52)47-41(35)54/h6-7,9-14,20-22,35H,3,5,15-19,23-24H2,1-2H3,(H,43,53)(H,47,52,54)/t35-/m0/s1. The second-order valence-corrected chi connectivity index (χ2v) is 13.8. The molecule has 3 aliphatic heterocycles. The summed E-state index contributed by atoms with van der Waals surface area (Å²) in [7, 11) is 0. The fourth-order valence-corrected chi connectivity index (χ4v) is 7.60. The van der Waals surface area contributed by atoms with Gasteiger partial charge in [-0.05, 0) is 47.7 Å². The van der Waals surface area contributed by atoms with Crippen molar-refractivity contribution in [3.05, 3.63) is 101 Å². The SMILES string of the molecule is CCc1nc(-c2cccc3cc(-c4ccc(C(=O)NCCC#Cc5cccc6c5CN([C@H]5CCC(=O)NC5=O)C6=O)nc4)ncc23)c2n1CCN(C(C)=O)C2. The summed E-state index contributed by atoms with van der Waals surface area (Å²) in [5.41, 5.74) is 6.59. The van der Waals surface area contributed by atoms with E-state index in [0.29, 0.717) is 43.6 Å². The number of rotatable bonds is 7. The number of hydrogen-bond acceptors (Lipinski definition) is 8. The minimum absolute atomic E-state index is 0.0537. The lowest BCUT2D eigenvalue weighted by Gasteiger charge is -2.29. The predicted molar refractivity (Wildman–Crippen MR) is 203 cm³/mol. The minimum atomic E-state index is -0.690. The van der Waals surface area contributed by atoms with Gasteiger partial charge in [-0.15, -0.1) is 0 Å². The number of pyridine rings is 2. The number of nitrogens with one attached hydrogen (secondary N) is 2. The van der Waals surface area contributed by atoms with E-state index in [4.69, 9.17) is 9.97 Å². The van der Waals surface area contributed by atoms with Crippen LogP contribution in [-0.4, -0.2) is 78.0 Å². The molecule has 1 saturated heterocycles. The molecule has 0 aliphatic carbocycles. The van der Waals surface area contributed by atoms with E-state index in [9.17, 15) is 24.0 Å². The van der Waals surface area contributed by atoms with Gasteiger partial charge in [-0.2, -0.15) is 0 Å². The normalized spacial score (nSPS) is 16.3. The van der Waals surface area contributed by atoms with Crippen molar-refractivity contribution in [1.82, 2.24) is 40.0 Å². The average molecular weight is 735 g/mol. The zero-order chi connectivity index (χ0) is 38.2. The van der Waals surface area contributed by atoms with E-state index >= 15 is 0 Å². The van der Waals surface area contributed by atoms with Crippen LogP contribution < -0.4 is 10.6 Å². The van der Waals surface area contributed by atoms with Crippen molar-refractivity contribution < 1.29 is 24.0 Å². The van der Waals surface area contributed by atoms with Gasteiger partial charge in [0, 0.05) is 92.4 Å². The Morgan fingerprint density at radius 3 is 2.60 bits per heavy atom. The van der Waals surface area contributed by atoms with Crippen molar-refractivity contribution >= 4 is 40.3 Å². The summed E-state index contributed by atoms with van der Waals surface area (Å²) < 4.78 is 2.24. The molecule has 0 unspecified atom stereocenters. The topological polar surface area (TPSA) is 159 Å². The monoisotopic (exact) mass is 734 g/mol. The minimum Gasteiger partial charge on any atom is -0.350 e. The molecule has 0 saturated carbocycles. The molecule has 2 N–H and O–H groups in total. The van der Waals surface area contributed by atoms with Crippen molar-refractivity contribution in [3.63, 3.8) is 0 Å². The highest BCUT2D eigenvalue weighted by Crippen LogP contribution is 2.35. The number of fused-ring (bicyclic) bond motifs is 3. The number of carbonyl (C=O) groups excluding carboxylic acids is 5. The third-order valence-electron chi connectivity index (χ3n) is 10.5. The second kappa shape index (κ2) is 14.6. The molecule has 5 aromatic rings. The maximum Gasteiger partial charge on any atom is 0.269 e. The maximum absolute atomic E-state index is 13.1. The van der Waals surface area contributed by atoms with E-state index in [-0.39, 0.29) is 42.3 Å². The molecule has 13 nitrogen and oxygen atoms in total. The lowest BCUT2D eigenvalue weighted by atomic mass is 10.0. The summed E-state index contributed by atoms with van der Waals surface area (Å²) in [6.07, 6.45) is 5.14.